The van der Waals surface area contributed by atoms with Gasteiger partial charge in [-0.05, 0) is 19.6 Å². The summed E-state index contributed by atoms with van der Waals surface area (Å²) in [4.78, 5) is 4.35. The van der Waals surface area contributed by atoms with Crippen LogP contribution in [0.5, 0.6) is 0 Å². The van der Waals surface area contributed by atoms with Crippen LogP contribution in [0.2, 0.25) is 0 Å². The van der Waals surface area contributed by atoms with Crippen LogP contribution in [0.1, 0.15) is 26.1 Å². The molecule has 0 amide bonds. The predicted octanol–water partition coefficient (Wildman–Crippen LogP) is 1.50. The van der Waals surface area contributed by atoms with Crippen LogP contribution < -0.4 is 5.32 Å². The maximum atomic E-state index is 9.21. The molecule has 1 rings (SSSR count). The molecule has 0 bridgehead atoms. The molecule has 0 aromatic carbocycles. The maximum absolute atomic E-state index is 9.21. The number of aliphatic hydroxyl groups is 1. The van der Waals surface area contributed by atoms with E-state index < -0.39 is 0 Å². The number of aromatic nitrogens is 2. The minimum Gasteiger partial charge on any atom is -0.395 e. The fourth-order valence-electron chi connectivity index (χ4n) is 1.77. The van der Waals surface area contributed by atoms with Crippen molar-refractivity contribution in [2.24, 2.45) is 0 Å². The molecule has 1 aromatic rings. The fraction of sp³-hybridized carbons (Fsp3) is 0.750. The van der Waals surface area contributed by atoms with Crippen LogP contribution in [0, 0.1) is 0 Å². The van der Waals surface area contributed by atoms with Crippen LogP contribution in [0.25, 0.3) is 0 Å². The fourth-order valence-corrected chi connectivity index (χ4v) is 2.43. The van der Waals surface area contributed by atoms with Crippen molar-refractivity contribution in [1.29, 1.82) is 0 Å². The first kappa shape index (κ1) is 14.5. The van der Waals surface area contributed by atoms with E-state index in [2.05, 4.69) is 28.7 Å². The molecule has 0 spiro atoms. The minimum absolute atomic E-state index is 0.207. The van der Waals surface area contributed by atoms with Gasteiger partial charge in [0.15, 0.2) is 0 Å². The zero-order chi connectivity index (χ0) is 12.7. The van der Waals surface area contributed by atoms with E-state index in [9.17, 15) is 5.11 Å². The highest BCUT2D eigenvalue weighted by Gasteiger charge is 2.15. The van der Waals surface area contributed by atoms with Gasteiger partial charge in [-0.2, -0.15) is 11.8 Å². The zero-order valence-corrected chi connectivity index (χ0v) is 11.7. The van der Waals surface area contributed by atoms with Crippen molar-refractivity contribution < 1.29 is 5.11 Å². The van der Waals surface area contributed by atoms with Gasteiger partial charge in [-0.25, -0.2) is 4.98 Å². The van der Waals surface area contributed by atoms with Gasteiger partial charge in [-0.15, -0.1) is 0 Å². The van der Waals surface area contributed by atoms with Crippen LogP contribution in [-0.2, 0) is 13.1 Å². The lowest BCUT2D eigenvalue weighted by atomic mass is 10.2. The molecular formula is C12H23N3OS. The zero-order valence-electron chi connectivity index (χ0n) is 10.9. The maximum Gasteiger partial charge on any atom is 0.122 e. The molecule has 0 saturated heterocycles. The van der Waals surface area contributed by atoms with Gasteiger partial charge in [-0.1, -0.05) is 6.92 Å². The summed E-state index contributed by atoms with van der Waals surface area (Å²) in [6, 6.07) is 0.279. The van der Waals surface area contributed by atoms with Crippen LogP contribution >= 0.6 is 11.8 Å². The summed E-state index contributed by atoms with van der Waals surface area (Å²) in [7, 11) is 0. The van der Waals surface area contributed by atoms with Crippen molar-refractivity contribution >= 4 is 11.8 Å². The summed E-state index contributed by atoms with van der Waals surface area (Å²) < 4.78 is 2.17. The Morgan fingerprint density at radius 1 is 1.59 bits per heavy atom. The summed E-state index contributed by atoms with van der Waals surface area (Å²) in [5, 5.41) is 12.9. The number of thioether (sulfide) groups is 1. The molecule has 0 fully saturated rings. The standard InChI is InChI=1S/C12H23N3OS/c1-4-6-15-7-5-13-12(15)8-14-10(2)11(9-16)17-3/h5,7,10-11,14,16H,4,6,8-9H2,1-3H3. The first-order valence-electron chi connectivity index (χ1n) is 6.10. The van der Waals surface area contributed by atoms with Crippen LogP contribution in [0.15, 0.2) is 12.4 Å². The Morgan fingerprint density at radius 3 is 2.94 bits per heavy atom. The van der Waals surface area contributed by atoms with E-state index in [1.165, 1.54) is 0 Å². The van der Waals surface area contributed by atoms with Gasteiger partial charge in [0.05, 0.1) is 13.2 Å². The smallest absolute Gasteiger partial charge is 0.122 e. The molecule has 2 atom stereocenters. The van der Waals surface area contributed by atoms with E-state index in [0.29, 0.717) is 0 Å². The van der Waals surface area contributed by atoms with E-state index in [1.54, 1.807) is 11.8 Å². The average molecular weight is 257 g/mol. The van der Waals surface area contributed by atoms with Gasteiger partial charge >= 0.3 is 0 Å². The number of hydrogen-bond donors (Lipinski definition) is 2. The summed E-state index contributed by atoms with van der Waals surface area (Å²) >= 11 is 1.69. The van der Waals surface area contributed by atoms with Crippen molar-refractivity contribution in [3.05, 3.63) is 18.2 Å². The van der Waals surface area contributed by atoms with Gasteiger partial charge in [0.1, 0.15) is 5.82 Å². The van der Waals surface area contributed by atoms with Gasteiger partial charge in [-0.3, -0.25) is 0 Å². The van der Waals surface area contributed by atoms with Crippen LogP contribution in [0.3, 0.4) is 0 Å². The Kier molecular flexibility index (Phi) is 6.62. The molecule has 1 aromatic heterocycles. The lowest BCUT2D eigenvalue weighted by molar-refractivity contribution is 0.275. The van der Waals surface area contributed by atoms with Gasteiger partial charge in [0.25, 0.3) is 0 Å². The number of aliphatic hydroxyl groups excluding tert-OH is 1. The molecule has 4 nitrogen and oxygen atoms in total. The molecule has 0 aliphatic carbocycles. The highest BCUT2D eigenvalue weighted by molar-refractivity contribution is 7.99. The normalized spacial score (nSPS) is 14.8. The number of nitrogens with zero attached hydrogens (tertiary/aromatic N) is 2. The van der Waals surface area contributed by atoms with E-state index >= 15 is 0 Å². The summed E-state index contributed by atoms with van der Waals surface area (Å²) in [5.41, 5.74) is 0. The number of imidazole rings is 1. The highest BCUT2D eigenvalue weighted by Crippen LogP contribution is 2.10. The van der Waals surface area contributed by atoms with Gasteiger partial charge in [0, 0.05) is 30.2 Å². The highest BCUT2D eigenvalue weighted by atomic mass is 32.2. The van der Waals surface area contributed by atoms with Crippen molar-refractivity contribution in [3.63, 3.8) is 0 Å². The third-order valence-electron chi connectivity index (χ3n) is 2.89. The molecule has 2 N–H and O–H groups in total. The van der Waals surface area contributed by atoms with Crippen LogP contribution in [-0.4, -0.2) is 38.8 Å². The summed E-state index contributed by atoms with van der Waals surface area (Å²) in [6.07, 6.45) is 7.00. The van der Waals surface area contributed by atoms with Crippen molar-refractivity contribution in [3.8, 4) is 0 Å². The number of hydrogen-bond acceptors (Lipinski definition) is 4. The Morgan fingerprint density at radius 2 is 2.35 bits per heavy atom. The number of nitrogens with one attached hydrogen (secondary N) is 1. The second-order valence-corrected chi connectivity index (χ2v) is 5.24. The molecule has 17 heavy (non-hydrogen) atoms. The van der Waals surface area contributed by atoms with Crippen LogP contribution in [0.4, 0.5) is 0 Å². The first-order valence-corrected chi connectivity index (χ1v) is 7.38. The van der Waals surface area contributed by atoms with Crippen molar-refractivity contribution in [2.45, 2.75) is 44.6 Å². The molecule has 0 saturated carbocycles. The topological polar surface area (TPSA) is 50.1 Å². The molecule has 0 aliphatic rings. The molecular weight excluding hydrogens is 234 g/mol. The molecule has 0 radical (unpaired) electrons. The number of aryl methyl sites for hydroxylation is 1. The third kappa shape index (κ3) is 4.33. The average Bonchev–Trinajstić information content (AvgIpc) is 2.76. The minimum atomic E-state index is 0.207. The molecule has 1 heterocycles. The van der Waals surface area contributed by atoms with Gasteiger partial charge in [0.2, 0.25) is 0 Å². The third-order valence-corrected chi connectivity index (χ3v) is 4.05. The Hall–Kier alpha value is -0.520. The van der Waals surface area contributed by atoms with E-state index in [-0.39, 0.29) is 17.9 Å². The molecule has 2 unspecified atom stereocenters. The lowest BCUT2D eigenvalue weighted by Crippen LogP contribution is -2.37. The van der Waals surface area contributed by atoms with E-state index in [4.69, 9.17) is 0 Å². The van der Waals surface area contributed by atoms with Crippen molar-refractivity contribution in [1.82, 2.24) is 14.9 Å². The SMILES string of the molecule is CCCn1ccnc1CNC(C)C(CO)SC. The van der Waals surface area contributed by atoms with E-state index in [1.807, 2.05) is 18.6 Å². The summed E-state index contributed by atoms with van der Waals surface area (Å²) in [6.45, 7) is 6.24. The Balaban J connectivity index is 2.46. The lowest BCUT2D eigenvalue weighted by Gasteiger charge is -2.21. The first-order chi connectivity index (χ1) is 8.22. The van der Waals surface area contributed by atoms with Gasteiger partial charge < -0.3 is 15.0 Å². The Labute approximate surface area is 108 Å². The quantitative estimate of drug-likeness (QED) is 0.741. The second kappa shape index (κ2) is 7.74. The Bertz CT molecular complexity index is 312. The molecule has 0 aliphatic heterocycles. The largest absolute Gasteiger partial charge is 0.395 e. The second-order valence-electron chi connectivity index (χ2n) is 4.16. The monoisotopic (exact) mass is 257 g/mol. The number of rotatable bonds is 8. The summed E-state index contributed by atoms with van der Waals surface area (Å²) in [5.74, 6) is 1.07. The van der Waals surface area contributed by atoms with E-state index in [0.717, 1.165) is 25.3 Å². The van der Waals surface area contributed by atoms with Crippen molar-refractivity contribution in [2.75, 3.05) is 12.9 Å². The molecule has 5 heteroatoms. The predicted molar refractivity (Wildman–Crippen MR) is 73.2 cm³/mol. The molecule has 98 valence electrons.